The van der Waals surface area contributed by atoms with Crippen LogP contribution in [0.3, 0.4) is 0 Å². The predicted molar refractivity (Wildman–Crippen MR) is 100 cm³/mol. The van der Waals surface area contributed by atoms with Gasteiger partial charge < -0.3 is 4.90 Å². The molecule has 1 heterocycles. The van der Waals surface area contributed by atoms with Gasteiger partial charge >= 0.3 is 0 Å². The van der Waals surface area contributed by atoms with E-state index in [0.29, 0.717) is 23.0 Å². The first-order valence-electron chi connectivity index (χ1n) is 8.36. The second-order valence-corrected chi connectivity index (χ2v) is 7.51. The third-order valence-electron chi connectivity index (χ3n) is 4.78. The van der Waals surface area contributed by atoms with E-state index in [1.807, 2.05) is 23.1 Å². The van der Waals surface area contributed by atoms with E-state index in [4.69, 9.17) is 11.6 Å². The van der Waals surface area contributed by atoms with E-state index >= 15 is 0 Å². The van der Waals surface area contributed by atoms with Gasteiger partial charge in [-0.15, -0.1) is 0 Å². The van der Waals surface area contributed by atoms with Crippen LogP contribution in [-0.4, -0.2) is 22.9 Å². The van der Waals surface area contributed by atoms with Crippen molar-refractivity contribution in [2.75, 3.05) is 6.54 Å². The quantitative estimate of drug-likeness (QED) is 0.684. The Morgan fingerprint density at radius 3 is 2.64 bits per heavy atom. The lowest BCUT2D eigenvalue weighted by Crippen LogP contribution is -2.41. The zero-order valence-corrected chi connectivity index (χ0v) is 15.1. The van der Waals surface area contributed by atoms with Crippen molar-refractivity contribution in [3.63, 3.8) is 0 Å². The number of rotatable bonds is 3. The molecule has 1 unspecified atom stereocenters. The Bertz CT molecular complexity index is 801. The van der Waals surface area contributed by atoms with Gasteiger partial charge in [0.1, 0.15) is 5.82 Å². The molecule has 0 N–H and O–H groups in total. The number of nitrogens with zero attached hydrogens (tertiary/aromatic N) is 1. The number of carbonyl (C=O) groups excluding carboxylic acids is 1. The molecule has 2 nitrogen and oxygen atoms in total. The summed E-state index contributed by atoms with van der Waals surface area (Å²) in [5, 5.41) is 0.340. The van der Waals surface area contributed by atoms with Crippen LogP contribution in [0.5, 0.6) is 0 Å². The molecule has 1 fully saturated rings. The summed E-state index contributed by atoms with van der Waals surface area (Å²) in [5.74, 6) is -0.210. The number of likely N-dealkylation sites (tertiary alicyclic amines) is 1. The Kier molecular flexibility index (Phi) is 4.96. The Balaban J connectivity index is 1.76. The van der Waals surface area contributed by atoms with Gasteiger partial charge in [-0.1, -0.05) is 48.0 Å². The first-order chi connectivity index (χ1) is 11.9. The van der Waals surface area contributed by atoms with E-state index in [2.05, 4.69) is 26.0 Å². The second-order valence-electron chi connectivity index (χ2n) is 7.07. The smallest absolute Gasteiger partial charge is 0.247 e. The van der Waals surface area contributed by atoms with Gasteiger partial charge in [0.25, 0.3) is 0 Å². The minimum atomic E-state index is -0.431. The van der Waals surface area contributed by atoms with Crippen molar-refractivity contribution in [3.8, 4) is 0 Å². The second kappa shape index (κ2) is 7.01. The van der Waals surface area contributed by atoms with Crippen molar-refractivity contribution in [2.45, 2.75) is 31.7 Å². The van der Waals surface area contributed by atoms with Gasteiger partial charge in [-0.3, -0.25) is 4.79 Å². The fourth-order valence-electron chi connectivity index (χ4n) is 3.47. The van der Waals surface area contributed by atoms with Crippen LogP contribution in [0.25, 0.3) is 6.08 Å². The summed E-state index contributed by atoms with van der Waals surface area (Å²) < 4.78 is 13.9. The summed E-state index contributed by atoms with van der Waals surface area (Å²) in [6.07, 6.45) is 3.87. The summed E-state index contributed by atoms with van der Waals surface area (Å²) in [5.41, 5.74) is 1.37. The van der Waals surface area contributed by atoms with Gasteiger partial charge in [-0.2, -0.15) is 0 Å². The van der Waals surface area contributed by atoms with Crippen molar-refractivity contribution < 1.29 is 9.18 Å². The SMILES string of the molecule is CC1(C)CC(c2ccccc2)CN1C(=O)/C=C/c1ccc(Cl)cc1F. The molecule has 2 aromatic rings. The van der Waals surface area contributed by atoms with E-state index in [-0.39, 0.29) is 11.4 Å². The molecule has 1 atom stereocenters. The molecule has 2 aromatic carbocycles. The average Bonchev–Trinajstić information content (AvgIpc) is 2.90. The number of halogens is 2. The number of benzene rings is 2. The summed E-state index contributed by atoms with van der Waals surface area (Å²) in [4.78, 5) is 14.6. The minimum Gasteiger partial charge on any atom is -0.333 e. The third-order valence-corrected chi connectivity index (χ3v) is 5.02. The summed E-state index contributed by atoms with van der Waals surface area (Å²) in [6.45, 7) is 4.82. The van der Waals surface area contributed by atoms with E-state index in [1.165, 1.54) is 23.8 Å². The molecule has 1 saturated heterocycles. The highest BCUT2D eigenvalue weighted by Gasteiger charge is 2.40. The average molecular weight is 358 g/mol. The maximum atomic E-state index is 13.9. The third kappa shape index (κ3) is 3.93. The molecule has 3 rings (SSSR count). The number of carbonyl (C=O) groups is 1. The van der Waals surface area contributed by atoms with E-state index in [9.17, 15) is 9.18 Å². The molecular formula is C21H21ClFNO. The zero-order valence-electron chi connectivity index (χ0n) is 14.4. The van der Waals surface area contributed by atoms with Gasteiger partial charge in [0.15, 0.2) is 0 Å². The molecule has 0 bridgehead atoms. The maximum absolute atomic E-state index is 13.9. The lowest BCUT2D eigenvalue weighted by molar-refractivity contribution is -0.128. The standard InChI is InChI=1S/C21H21ClFNO/c1-21(2)13-17(15-6-4-3-5-7-15)14-24(21)20(25)11-9-16-8-10-18(22)12-19(16)23/h3-12,17H,13-14H2,1-2H3/b11-9+. The summed E-state index contributed by atoms with van der Waals surface area (Å²) in [6, 6.07) is 14.7. The molecule has 0 aromatic heterocycles. The number of amides is 1. The van der Waals surface area contributed by atoms with Crippen LogP contribution in [-0.2, 0) is 4.79 Å². The van der Waals surface area contributed by atoms with Gasteiger partial charge in [0, 0.05) is 34.7 Å². The predicted octanol–water partition coefficient (Wildman–Crippen LogP) is 5.29. The first kappa shape index (κ1) is 17.7. The molecule has 1 amide bonds. The fraction of sp³-hybridized carbons (Fsp3) is 0.286. The molecule has 0 saturated carbocycles. The van der Waals surface area contributed by atoms with Gasteiger partial charge in [0.05, 0.1) is 0 Å². The van der Waals surface area contributed by atoms with Crippen LogP contribution in [0.2, 0.25) is 5.02 Å². The Labute approximate surface area is 152 Å². The molecule has 1 aliphatic heterocycles. The molecule has 0 spiro atoms. The first-order valence-corrected chi connectivity index (χ1v) is 8.74. The largest absolute Gasteiger partial charge is 0.333 e. The topological polar surface area (TPSA) is 20.3 Å². The molecule has 0 aliphatic carbocycles. The van der Waals surface area contributed by atoms with Crippen LogP contribution in [0.4, 0.5) is 4.39 Å². The van der Waals surface area contributed by atoms with Crippen LogP contribution in [0.15, 0.2) is 54.6 Å². The van der Waals surface area contributed by atoms with Crippen LogP contribution >= 0.6 is 11.6 Å². The highest BCUT2D eigenvalue weighted by molar-refractivity contribution is 6.30. The van der Waals surface area contributed by atoms with E-state index < -0.39 is 5.82 Å². The van der Waals surface area contributed by atoms with Gasteiger partial charge in [-0.25, -0.2) is 4.39 Å². The Morgan fingerprint density at radius 1 is 1.24 bits per heavy atom. The Hall–Kier alpha value is -2.13. The highest BCUT2D eigenvalue weighted by Crippen LogP contribution is 2.38. The van der Waals surface area contributed by atoms with Gasteiger partial charge in [0.2, 0.25) is 5.91 Å². The highest BCUT2D eigenvalue weighted by atomic mass is 35.5. The van der Waals surface area contributed by atoms with Crippen molar-refractivity contribution in [3.05, 3.63) is 76.6 Å². The van der Waals surface area contributed by atoms with Crippen LogP contribution in [0.1, 0.15) is 37.3 Å². The summed E-state index contributed by atoms with van der Waals surface area (Å²) >= 11 is 5.76. The lowest BCUT2D eigenvalue weighted by atomic mass is 9.91. The monoisotopic (exact) mass is 357 g/mol. The number of hydrogen-bond acceptors (Lipinski definition) is 1. The molecule has 1 aliphatic rings. The van der Waals surface area contributed by atoms with E-state index in [0.717, 1.165) is 6.42 Å². The zero-order chi connectivity index (χ0) is 18.0. The number of hydrogen-bond donors (Lipinski definition) is 0. The molecule has 130 valence electrons. The lowest BCUT2D eigenvalue weighted by Gasteiger charge is -2.30. The van der Waals surface area contributed by atoms with Crippen molar-refractivity contribution >= 4 is 23.6 Å². The van der Waals surface area contributed by atoms with Crippen molar-refractivity contribution in [1.29, 1.82) is 0 Å². The normalized spacial score (nSPS) is 19.5. The summed E-state index contributed by atoms with van der Waals surface area (Å²) in [7, 11) is 0. The minimum absolute atomic E-state index is 0.0993. The van der Waals surface area contributed by atoms with Crippen LogP contribution in [0, 0.1) is 5.82 Å². The molecule has 0 radical (unpaired) electrons. The molecular weight excluding hydrogens is 337 g/mol. The van der Waals surface area contributed by atoms with Crippen molar-refractivity contribution in [2.24, 2.45) is 0 Å². The van der Waals surface area contributed by atoms with Crippen LogP contribution < -0.4 is 0 Å². The maximum Gasteiger partial charge on any atom is 0.247 e. The fourth-order valence-corrected chi connectivity index (χ4v) is 3.63. The van der Waals surface area contributed by atoms with E-state index in [1.54, 1.807) is 12.1 Å². The Morgan fingerprint density at radius 2 is 1.96 bits per heavy atom. The van der Waals surface area contributed by atoms with Gasteiger partial charge in [-0.05, 0) is 44.0 Å². The molecule has 25 heavy (non-hydrogen) atoms. The molecule has 4 heteroatoms. The van der Waals surface area contributed by atoms with Crippen molar-refractivity contribution in [1.82, 2.24) is 4.90 Å².